The van der Waals surface area contributed by atoms with E-state index >= 15 is 0 Å². The fraction of sp³-hybridized carbons (Fsp3) is 0.600. The van der Waals surface area contributed by atoms with Gasteiger partial charge in [-0.1, -0.05) is 76.8 Å². The molecular formula is C20H31NO3. The van der Waals surface area contributed by atoms with E-state index in [1.165, 1.54) is 63.9 Å². The zero-order valence-electron chi connectivity index (χ0n) is 14.9. The molecule has 0 atom stereocenters. The molecule has 0 aliphatic heterocycles. The Hall–Kier alpha value is -1.84. The highest BCUT2D eigenvalue weighted by Crippen LogP contribution is 2.15. The van der Waals surface area contributed by atoms with Gasteiger partial charge in [-0.2, -0.15) is 0 Å². The van der Waals surface area contributed by atoms with Crippen LogP contribution in [0.2, 0.25) is 0 Å². The molecule has 0 aliphatic rings. The summed E-state index contributed by atoms with van der Waals surface area (Å²) in [5.41, 5.74) is 0.804. The van der Waals surface area contributed by atoms with Gasteiger partial charge in [0.15, 0.2) is 0 Å². The smallest absolute Gasteiger partial charge is 0.235 e. The van der Waals surface area contributed by atoms with Gasteiger partial charge in [0.25, 0.3) is 0 Å². The maximum Gasteiger partial charge on any atom is 0.235 e. The molecule has 4 nitrogen and oxygen atoms in total. The number of hydrogen-bond acceptors (Lipinski definition) is 3. The quantitative estimate of drug-likeness (QED) is 0.230. The molecule has 0 amide bonds. The van der Waals surface area contributed by atoms with Crippen LogP contribution in [-0.2, 0) is 0 Å². The molecule has 0 heterocycles. The molecule has 1 aromatic carbocycles. The van der Waals surface area contributed by atoms with Crippen LogP contribution in [0.1, 0.15) is 76.7 Å². The van der Waals surface area contributed by atoms with Gasteiger partial charge >= 0.3 is 0 Å². The molecule has 0 fully saturated rings. The van der Waals surface area contributed by atoms with Crippen LogP contribution in [0.3, 0.4) is 0 Å². The number of nitro groups is 1. The number of unbranched alkanes of at least 4 members (excludes halogenated alkanes) is 9. The lowest BCUT2D eigenvalue weighted by atomic mass is 10.1. The van der Waals surface area contributed by atoms with E-state index in [0.29, 0.717) is 0 Å². The predicted octanol–water partition coefficient (Wildman–Crippen LogP) is 6.23. The van der Waals surface area contributed by atoms with Crippen LogP contribution in [0.5, 0.6) is 5.75 Å². The summed E-state index contributed by atoms with van der Waals surface area (Å²) >= 11 is 0. The lowest BCUT2D eigenvalue weighted by Gasteiger charge is -2.06. The second-order valence-electron chi connectivity index (χ2n) is 6.20. The molecule has 4 heteroatoms. The maximum atomic E-state index is 10.3. The van der Waals surface area contributed by atoms with E-state index in [-0.39, 0.29) is 0 Å². The van der Waals surface area contributed by atoms with Crippen molar-refractivity contribution in [2.75, 3.05) is 6.61 Å². The normalized spacial score (nSPS) is 11.0. The van der Waals surface area contributed by atoms with Crippen molar-refractivity contribution in [2.24, 2.45) is 0 Å². The maximum absolute atomic E-state index is 10.3. The number of ether oxygens (including phenoxy) is 1. The molecule has 0 radical (unpaired) electrons. The average Bonchev–Trinajstić information content (AvgIpc) is 2.59. The third kappa shape index (κ3) is 10.8. The molecule has 1 rings (SSSR count). The van der Waals surface area contributed by atoms with Gasteiger partial charge in [-0.25, -0.2) is 0 Å². The fourth-order valence-electron chi connectivity index (χ4n) is 2.60. The van der Waals surface area contributed by atoms with Gasteiger partial charge in [-0.05, 0) is 24.1 Å². The summed E-state index contributed by atoms with van der Waals surface area (Å²) in [4.78, 5) is 9.80. The van der Waals surface area contributed by atoms with E-state index < -0.39 is 4.92 Å². The highest BCUT2D eigenvalue weighted by Gasteiger charge is 1.96. The van der Waals surface area contributed by atoms with Crippen LogP contribution in [0.25, 0.3) is 6.08 Å². The Kier molecular flexibility index (Phi) is 11.4. The third-order valence-corrected chi connectivity index (χ3v) is 4.04. The molecule has 0 bridgehead atoms. The largest absolute Gasteiger partial charge is 0.494 e. The second-order valence-corrected chi connectivity index (χ2v) is 6.20. The lowest BCUT2D eigenvalue weighted by Crippen LogP contribution is -1.97. The van der Waals surface area contributed by atoms with Gasteiger partial charge in [-0.3, -0.25) is 10.1 Å². The van der Waals surface area contributed by atoms with Crippen molar-refractivity contribution < 1.29 is 9.66 Å². The standard InChI is InChI=1S/C20H31NO3/c1-2-3-4-5-6-7-8-9-10-11-18-24-20-14-12-19(13-15-20)16-17-21(22)23/h12-17H,2-11,18H2,1H3. The topological polar surface area (TPSA) is 52.4 Å². The number of nitrogens with zero attached hydrogens (tertiary/aromatic N) is 1. The molecule has 24 heavy (non-hydrogen) atoms. The highest BCUT2D eigenvalue weighted by atomic mass is 16.6. The van der Waals surface area contributed by atoms with Gasteiger partial charge in [0.05, 0.1) is 11.5 Å². The molecule has 134 valence electrons. The van der Waals surface area contributed by atoms with Crippen molar-refractivity contribution in [1.82, 2.24) is 0 Å². The summed E-state index contributed by atoms with van der Waals surface area (Å²) in [6.45, 7) is 2.99. The number of benzene rings is 1. The summed E-state index contributed by atoms with van der Waals surface area (Å²) in [6, 6.07) is 7.37. The minimum atomic E-state index is -0.463. The van der Waals surface area contributed by atoms with Crippen LogP contribution >= 0.6 is 0 Å². The van der Waals surface area contributed by atoms with Crippen LogP contribution < -0.4 is 4.74 Å². The Morgan fingerprint density at radius 3 is 2.00 bits per heavy atom. The first-order valence-electron chi connectivity index (χ1n) is 9.27. The van der Waals surface area contributed by atoms with E-state index in [2.05, 4.69) is 6.92 Å². The summed E-state index contributed by atoms with van der Waals surface area (Å²) in [5.74, 6) is 0.823. The van der Waals surface area contributed by atoms with E-state index in [0.717, 1.165) is 30.5 Å². The van der Waals surface area contributed by atoms with Gasteiger partial charge < -0.3 is 4.74 Å². The van der Waals surface area contributed by atoms with Crippen molar-refractivity contribution >= 4 is 6.08 Å². The summed E-state index contributed by atoms with van der Waals surface area (Å²) < 4.78 is 5.70. The van der Waals surface area contributed by atoms with Crippen LogP contribution in [0.4, 0.5) is 0 Å². The van der Waals surface area contributed by atoms with Crippen LogP contribution in [0, 0.1) is 10.1 Å². The van der Waals surface area contributed by atoms with Crippen molar-refractivity contribution in [3.05, 3.63) is 46.1 Å². The SMILES string of the molecule is CCCCCCCCCCCCOc1ccc(C=C[N+](=O)[O-])cc1. The Morgan fingerprint density at radius 1 is 0.917 bits per heavy atom. The van der Waals surface area contributed by atoms with Crippen molar-refractivity contribution in [3.63, 3.8) is 0 Å². The zero-order valence-corrected chi connectivity index (χ0v) is 14.9. The molecule has 0 N–H and O–H groups in total. The first-order chi connectivity index (χ1) is 11.7. The first kappa shape index (κ1) is 20.2. The van der Waals surface area contributed by atoms with Gasteiger partial charge in [0.2, 0.25) is 6.20 Å². The summed E-state index contributed by atoms with van der Waals surface area (Å²) in [7, 11) is 0. The van der Waals surface area contributed by atoms with Gasteiger partial charge in [0, 0.05) is 6.08 Å². The van der Waals surface area contributed by atoms with E-state index in [4.69, 9.17) is 4.74 Å². The predicted molar refractivity (Wildman–Crippen MR) is 99.8 cm³/mol. The Balaban J connectivity index is 2.00. The number of hydrogen-bond donors (Lipinski definition) is 0. The third-order valence-electron chi connectivity index (χ3n) is 4.04. The molecular weight excluding hydrogens is 302 g/mol. The molecule has 0 spiro atoms. The Bertz CT molecular complexity index is 468. The summed E-state index contributed by atoms with van der Waals surface area (Å²) in [5, 5.41) is 10.3. The summed E-state index contributed by atoms with van der Waals surface area (Å²) in [6.07, 6.45) is 15.6. The molecule has 0 aromatic heterocycles. The Labute approximate surface area is 146 Å². The monoisotopic (exact) mass is 333 g/mol. The van der Waals surface area contributed by atoms with Crippen LogP contribution in [-0.4, -0.2) is 11.5 Å². The Morgan fingerprint density at radius 2 is 1.46 bits per heavy atom. The molecule has 0 saturated carbocycles. The molecule has 0 aliphatic carbocycles. The minimum absolute atomic E-state index is 0.463. The van der Waals surface area contributed by atoms with Crippen molar-refractivity contribution in [3.8, 4) is 5.75 Å². The molecule has 0 unspecified atom stereocenters. The van der Waals surface area contributed by atoms with Gasteiger partial charge in [0.1, 0.15) is 5.75 Å². The zero-order chi connectivity index (χ0) is 17.5. The minimum Gasteiger partial charge on any atom is -0.494 e. The lowest BCUT2D eigenvalue weighted by molar-refractivity contribution is -0.400. The van der Waals surface area contributed by atoms with Crippen molar-refractivity contribution in [2.45, 2.75) is 71.1 Å². The highest BCUT2D eigenvalue weighted by molar-refractivity contribution is 5.49. The van der Waals surface area contributed by atoms with Crippen molar-refractivity contribution in [1.29, 1.82) is 0 Å². The van der Waals surface area contributed by atoms with E-state index in [9.17, 15) is 10.1 Å². The van der Waals surface area contributed by atoms with Crippen LogP contribution in [0.15, 0.2) is 30.5 Å². The first-order valence-corrected chi connectivity index (χ1v) is 9.27. The molecule has 0 saturated heterocycles. The second kappa shape index (κ2) is 13.6. The van der Waals surface area contributed by atoms with Gasteiger partial charge in [-0.15, -0.1) is 0 Å². The number of rotatable bonds is 14. The fourth-order valence-corrected chi connectivity index (χ4v) is 2.60. The molecule has 1 aromatic rings. The van der Waals surface area contributed by atoms with E-state index in [1.54, 1.807) is 0 Å². The average molecular weight is 333 g/mol. The van der Waals surface area contributed by atoms with E-state index in [1.807, 2.05) is 24.3 Å².